The largest absolute Gasteiger partial charge is 0.287 e. The molecule has 3 rings (SSSR count). The van der Waals surface area contributed by atoms with Gasteiger partial charge in [0.15, 0.2) is 0 Å². The molecule has 0 bridgehead atoms. The van der Waals surface area contributed by atoms with Gasteiger partial charge in [-0.15, -0.1) is 0 Å². The second-order valence-corrected chi connectivity index (χ2v) is 6.80. The molecular weight excluding hydrogens is 431 g/mol. The smallest absolute Gasteiger partial charge is 0.258 e. The lowest BCUT2D eigenvalue weighted by atomic mass is 10.1. The molecule has 0 amide bonds. The summed E-state index contributed by atoms with van der Waals surface area (Å²) in [7, 11) is 0. The third kappa shape index (κ3) is 5.25. The van der Waals surface area contributed by atoms with Gasteiger partial charge in [-0.2, -0.15) is 10.2 Å². The van der Waals surface area contributed by atoms with Crippen molar-refractivity contribution in [3.05, 3.63) is 101 Å². The Morgan fingerprint density at radius 3 is 1.37 bits per heavy atom. The first-order valence-corrected chi connectivity index (χ1v) is 9.17. The molecular formula is C20H12Cl2N4O4. The molecule has 1 aromatic heterocycles. The van der Waals surface area contributed by atoms with Crippen molar-refractivity contribution >= 4 is 58.9 Å². The Bertz CT molecular complexity index is 1090. The third-order valence-corrected chi connectivity index (χ3v) is 4.54. The van der Waals surface area contributed by atoms with Gasteiger partial charge in [0.25, 0.3) is 11.4 Å². The van der Waals surface area contributed by atoms with Gasteiger partial charge in [-0.25, -0.2) is 0 Å². The van der Waals surface area contributed by atoms with E-state index in [0.29, 0.717) is 22.5 Å². The maximum Gasteiger partial charge on any atom is 0.287 e. The zero-order chi connectivity index (χ0) is 21.7. The van der Waals surface area contributed by atoms with Crippen LogP contribution in [0.1, 0.15) is 22.5 Å². The van der Waals surface area contributed by atoms with E-state index in [0.717, 1.165) is 0 Å². The molecule has 3 aromatic rings. The molecule has 0 N–H and O–H groups in total. The number of hydrogen-bond donors (Lipinski definition) is 0. The minimum absolute atomic E-state index is 0.0556. The van der Waals surface area contributed by atoms with Gasteiger partial charge in [-0.1, -0.05) is 35.4 Å². The van der Waals surface area contributed by atoms with Gasteiger partial charge >= 0.3 is 0 Å². The van der Waals surface area contributed by atoms with Gasteiger partial charge in [0.2, 0.25) is 0 Å². The van der Waals surface area contributed by atoms with Crippen LogP contribution >= 0.6 is 23.2 Å². The van der Waals surface area contributed by atoms with Crippen molar-refractivity contribution in [2.24, 2.45) is 0 Å². The summed E-state index contributed by atoms with van der Waals surface area (Å²) in [6, 6.07) is 12.3. The fraction of sp³-hybridized carbons (Fsp3) is 0. The molecule has 0 saturated heterocycles. The summed E-state index contributed by atoms with van der Waals surface area (Å²) >= 11 is 11.8. The maximum absolute atomic E-state index is 10.8. The fourth-order valence-corrected chi connectivity index (χ4v) is 2.96. The summed E-state index contributed by atoms with van der Waals surface area (Å²) in [4.78, 5) is 20.5. The van der Waals surface area contributed by atoms with Gasteiger partial charge in [-0.3, -0.25) is 20.2 Å². The normalized spacial score (nSPS) is 11.3. The lowest BCUT2D eigenvalue weighted by molar-refractivity contribution is -0.384. The Morgan fingerprint density at radius 1 is 0.667 bits per heavy atom. The molecule has 0 aliphatic rings. The molecule has 150 valence electrons. The van der Waals surface area contributed by atoms with E-state index in [9.17, 15) is 20.2 Å². The zero-order valence-corrected chi connectivity index (χ0v) is 16.6. The predicted molar refractivity (Wildman–Crippen MR) is 116 cm³/mol. The quantitative estimate of drug-likeness (QED) is 0.344. The van der Waals surface area contributed by atoms with Gasteiger partial charge in [0.05, 0.1) is 21.2 Å². The van der Waals surface area contributed by atoms with Crippen molar-refractivity contribution in [2.45, 2.75) is 0 Å². The predicted octanol–water partition coefficient (Wildman–Crippen LogP) is 5.94. The first-order valence-electron chi connectivity index (χ1n) is 8.41. The van der Waals surface area contributed by atoms with Gasteiger partial charge < -0.3 is 0 Å². The number of hydrogen-bond acceptors (Lipinski definition) is 6. The van der Waals surface area contributed by atoms with E-state index < -0.39 is 9.85 Å². The van der Waals surface area contributed by atoms with Crippen molar-refractivity contribution in [1.29, 1.82) is 0 Å². The van der Waals surface area contributed by atoms with E-state index in [-0.39, 0.29) is 21.4 Å². The van der Waals surface area contributed by atoms with Crippen LogP contribution in [0, 0.1) is 20.2 Å². The lowest BCUT2D eigenvalue weighted by Crippen LogP contribution is -1.90. The highest BCUT2D eigenvalue weighted by Crippen LogP contribution is 2.26. The highest BCUT2D eigenvalue weighted by atomic mass is 35.5. The molecule has 30 heavy (non-hydrogen) atoms. The van der Waals surface area contributed by atoms with Crippen molar-refractivity contribution in [3.8, 4) is 0 Å². The second kappa shape index (κ2) is 9.25. The van der Waals surface area contributed by atoms with E-state index in [4.69, 9.17) is 23.2 Å². The molecule has 10 heteroatoms. The third-order valence-electron chi connectivity index (χ3n) is 3.94. The van der Waals surface area contributed by atoms with Crippen LogP contribution in [0.2, 0.25) is 10.0 Å². The minimum Gasteiger partial charge on any atom is -0.258 e. The molecule has 0 aliphatic carbocycles. The van der Waals surface area contributed by atoms with Gasteiger partial charge in [0, 0.05) is 12.1 Å². The van der Waals surface area contributed by atoms with Crippen molar-refractivity contribution < 1.29 is 9.85 Å². The van der Waals surface area contributed by atoms with E-state index in [2.05, 4.69) is 10.2 Å². The van der Waals surface area contributed by atoms with E-state index in [1.54, 1.807) is 48.6 Å². The molecule has 1 heterocycles. The van der Waals surface area contributed by atoms with Gasteiger partial charge in [0.1, 0.15) is 10.0 Å². The average molecular weight is 443 g/mol. The van der Waals surface area contributed by atoms with Crippen molar-refractivity contribution in [1.82, 2.24) is 10.2 Å². The molecule has 0 radical (unpaired) electrons. The van der Waals surface area contributed by atoms with Crippen LogP contribution in [0.25, 0.3) is 24.3 Å². The van der Waals surface area contributed by atoms with Crippen molar-refractivity contribution in [2.75, 3.05) is 0 Å². The number of nitrogens with zero attached hydrogens (tertiary/aromatic N) is 4. The van der Waals surface area contributed by atoms with Crippen LogP contribution in [0.3, 0.4) is 0 Å². The Morgan fingerprint density at radius 2 is 1.07 bits per heavy atom. The fourth-order valence-electron chi connectivity index (χ4n) is 2.44. The summed E-state index contributed by atoms with van der Waals surface area (Å²) in [6.45, 7) is 0. The highest BCUT2D eigenvalue weighted by molar-refractivity contribution is 6.33. The summed E-state index contributed by atoms with van der Waals surface area (Å²) in [5.74, 6) is 0. The van der Waals surface area contributed by atoms with Crippen LogP contribution in [0.15, 0.2) is 48.5 Å². The number of nitro groups is 2. The standard InChI is InChI=1S/C20H12Cl2N4O4/c21-17-11-13(3-9-19(17)25(27)28)1-5-15-7-8-16(24-23-15)6-2-14-4-10-20(26(29)30)18(22)12-14/h1-12H. The summed E-state index contributed by atoms with van der Waals surface area (Å²) in [5, 5.41) is 29.9. The SMILES string of the molecule is O=[N+]([O-])c1ccc(C=Cc2ccc(C=Cc3ccc([N+](=O)[O-])c(Cl)c3)nn2)cc1Cl. The average Bonchev–Trinajstić information content (AvgIpc) is 2.71. The molecule has 0 fully saturated rings. The minimum atomic E-state index is -0.543. The van der Waals surface area contributed by atoms with E-state index in [1.807, 2.05) is 0 Å². The number of halogens is 2. The Kier molecular flexibility index (Phi) is 6.51. The van der Waals surface area contributed by atoms with Crippen LogP contribution in [0.4, 0.5) is 11.4 Å². The highest BCUT2D eigenvalue weighted by Gasteiger charge is 2.12. The zero-order valence-electron chi connectivity index (χ0n) is 15.1. The molecule has 2 aromatic carbocycles. The Labute approximate surface area is 180 Å². The molecule has 0 saturated carbocycles. The van der Waals surface area contributed by atoms with Crippen LogP contribution in [-0.2, 0) is 0 Å². The maximum atomic E-state index is 10.8. The summed E-state index contributed by atoms with van der Waals surface area (Å²) < 4.78 is 0. The first kappa shape index (κ1) is 21.1. The number of aromatic nitrogens is 2. The molecule has 8 nitrogen and oxygen atoms in total. The van der Waals surface area contributed by atoms with Crippen LogP contribution in [0.5, 0.6) is 0 Å². The van der Waals surface area contributed by atoms with Gasteiger partial charge in [-0.05, 0) is 59.7 Å². The van der Waals surface area contributed by atoms with Crippen LogP contribution in [-0.4, -0.2) is 20.0 Å². The number of nitro benzene ring substituents is 2. The monoisotopic (exact) mass is 442 g/mol. The second-order valence-electron chi connectivity index (χ2n) is 5.99. The lowest BCUT2D eigenvalue weighted by Gasteiger charge is -1.98. The molecule has 0 aliphatic heterocycles. The van der Waals surface area contributed by atoms with Crippen molar-refractivity contribution in [3.63, 3.8) is 0 Å². The molecule has 0 unspecified atom stereocenters. The number of benzene rings is 2. The molecule has 0 atom stereocenters. The first-order chi connectivity index (χ1) is 14.3. The Hall–Kier alpha value is -3.62. The number of rotatable bonds is 6. The van der Waals surface area contributed by atoms with Crippen LogP contribution < -0.4 is 0 Å². The summed E-state index contributed by atoms with van der Waals surface area (Å²) in [5.41, 5.74) is 2.23. The summed E-state index contributed by atoms with van der Waals surface area (Å²) in [6.07, 6.45) is 6.84. The van der Waals surface area contributed by atoms with E-state index in [1.165, 1.54) is 24.3 Å². The van der Waals surface area contributed by atoms with E-state index >= 15 is 0 Å². The Balaban J connectivity index is 1.69. The topological polar surface area (TPSA) is 112 Å². The molecule has 0 spiro atoms.